The lowest BCUT2D eigenvalue weighted by Crippen LogP contribution is -2.14. The number of hydrogen-bond acceptors (Lipinski definition) is 4. The van der Waals surface area contributed by atoms with Crippen LogP contribution in [0.5, 0.6) is 0 Å². The first-order valence-corrected chi connectivity index (χ1v) is 9.51. The number of amides is 1. The average Bonchev–Trinajstić information content (AvgIpc) is 3.16. The van der Waals surface area contributed by atoms with Crippen molar-refractivity contribution in [1.82, 2.24) is 4.98 Å². The maximum absolute atomic E-state index is 12.5. The lowest BCUT2D eigenvalue weighted by Gasteiger charge is -2.13. The van der Waals surface area contributed by atoms with E-state index in [-0.39, 0.29) is 5.91 Å². The Bertz CT molecular complexity index is 1120. The van der Waals surface area contributed by atoms with Crippen LogP contribution in [0, 0.1) is 0 Å². The fourth-order valence-electron chi connectivity index (χ4n) is 2.91. The topological polar surface area (TPSA) is 45.2 Å². The Kier molecular flexibility index (Phi) is 4.60. The van der Waals surface area contributed by atoms with Gasteiger partial charge in [-0.05, 0) is 35.0 Å². The van der Waals surface area contributed by atoms with Crippen molar-refractivity contribution in [2.45, 2.75) is 0 Å². The van der Waals surface area contributed by atoms with Gasteiger partial charge in [0.2, 0.25) is 0 Å². The summed E-state index contributed by atoms with van der Waals surface area (Å²) in [6.07, 6.45) is 0. The van der Waals surface area contributed by atoms with Crippen LogP contribution in [-0.4, -0.2) is 25.0 Å². The number of thiazole rings is 1. The predicted octanol–water partition coefficient (Wildman–Crippen LogP) is 5.28. The van der Waals surface area contributed by atoms with Crippen LogP contribution in [0.15, 0.2) is 72.1 Å². The maximum atomic E-state index is 12.5. The van der Waals surface area contributed by atoms with E-state index in [2.05, 4.69) is 40.6 Å². The van der Waals surface area contributed by atoms with Gasteiger partial charge in [-0.2, -0.15) is 0 Å². The van der Waals surface area contributed by atoms with Crippen LogP contribution in [0.25, 0.3) is 22.0 Å². The Hall–Kier alpha value is -3.18. The summed E-state index contributed by atoms with van der Waals surface area (Å²) in [5.74, 6) is -0.155. The number of nitrogens with zero attached hydrogens (tertiary/aromatic N) is 2. The highest BCUT2D eigenvalue weighted by Crippen LogP contribution is 2.28. The summed E-state index contributed by atoms with van der Waals surface area (Å²) in [5, 5.41) is 7.84. The van der Waals surface area contributed by atoms with Gasteiger partial charge >= 0.3 is 0 Å². The second-order valence-corrected chi connectivity index (χ2v) is 7.36. The van der Waals surface area contributed by atoms with E-state index in [1.165, 1.54) is 22.1 Å². The molecule has 3 aromatic carbocycles. The highest BCUT2D eigenvalue weighted by molar-refractivity contribution is 7.14. The van der Waals surface area contributed by atoms with Crippen LogP contribution in [0.4, 0.5) is 10.8 Å². The van der Waals surface area contributed by atoms with Gasteiger partial charge in [-0.1, -0.05) is 42.5 Å². The standard InChI is InChI=1S/C22H19N3OS/c1-25(2)19-9-5-8-18(13-19)21(26)24-22-23-20(14-27-22)17-11-10-15-6-3-4-7-16(15)12-17/h3-14H,1-2H3,(H,23,24,26). The van der Waals surface area contributed by atoms with Crippen molar-refractivity contribution in [2.24, 2.45) is 0 Å². The molecule has 0 aliphatic carbocycles. The molecule has 5 heteroatoms. The Labute approximate surface area is 162 Å². The molecule has 4 nitrogen and oxygen atoms in total. The average molecular weight is 373 g/mol. The molecule has 134 valence electrons. The second kappa shape index (κ2) is 7.21. The Balaban J connectivity index is 1.55. The molecule has 4 aromatic rings. The van der Waals surface area contributed by atoms with E-state index >= 15 is 0 Å². The van der Waals surface area contributed by atoms with E-state index in [1.54, 1.807) is 6.07 Å². The first kappa shape index (κ1) is 17.2. The molecule has 0 bridgehead atoms. The van der Waals surface area contributed by atoms with Crippen molar-refractivity contribution in [3.8, 4) is 11.3 Å². The van der Waals surface area contributed by atoms with Crippen LogP contribution >= 0.6 is 11.3 Å². The first-order valence-electron chi connectivity index (χ1n) is 8.63. The van der Waals surface area contributed by atoms with Gasteiger partial charge in [0.25, 0.3) is 5.91 Å². The van der Waals surface area contributed by atoms with Gasteiger partial charge in [0.05, 0.1) is 5.69 Å². The molecule has 0 radical (unpaired) electrons. The number of fused-ring (bicyclic) bond motifs is 1. The summed E-state index contributed by atoms with van der Waals surface area (Å²) in [6.45, 7) is 0. The molecule has 1 N–H and O–H groups in total. The van der Waals surface area contributed by atoms with Crippen molar-refractivity contribution in [3.63, 3.8) is 0 Å². The van der Waals surface area contributed by atoms with Crippen LogP contribution in [0.1, 0.15) is 10.4 Å². The third-order valence-electron chi connectivity index (χ3n) is 4.39. The zero-order valence-corrected chi connectivity index (χ0v) is 16.0. The zero-order chi connectivity index (χ0) is 18.8. The fraction of sp³-hybridized carbons (Fsp3) is 0.0909. The van der Waals surface area contributed by atoms with Gasteiger partial charge in [-0.25, -0.2) is 4.98 Å². The molecule has 0 aliphatic rings. The van der Waals surface area contributed by atoms with E-state index in [4.69, 9.17) is 0 Å². The molecule has 4 rings (SSSR count). The summed E-state index contributed by atoms with van der Waals surface area (Å²) < 4.78 is 0. The Morgan fingerprint density at radius 1 is 0.963 bits per heavy atom. The molecule has 1 aromatic heterocycles. The highest BCUT2D eigenvalue weighted by Gasteiger charge is 2.11. The van der Waals surface area contributed by atoms with Crippen LogP contribution in [0.3, 0.4) is 0 Å². The van der Waals surface area contributed by atoms with E-state index in [1.807, 2.05) is 54.7 Å². The fourth-order valence-corrected chi connectivity index (χ4v) is 3.62. The van der Waals surface area contributed by atoms with E-state index in [0.29, 0.717) is 10.7 Å². The number of nitrogens with one attached hydrogen (secondary N) is 1. The number of hydrogen-bond donors (Lipinski definition) is 1. The largest absolute Gasteiger partial charge is 0.378 e. The smallest absolute Gasteiger partial charge is 0.257 e. The normalized spacial score (nSPS) is 10.7. The van der Waals surface area contributed by atoms with Crippen molar-refractivity contribution < 1.29 is 4.79 Å². The van der Waals surface area contributed by atoms with E-state index in [9.17, 15) is 4.79 Å². The second-order valence-electron chi connectivity index (χ2n) is 6.50. The third-order valence-corrected chi connectivity index (χ3v) is 5.15. The molecule has 0 aliphatic heterocycles. The molecule has 1 heterocycles. The minimum Gasteiger partial charge on any atom is -0.378 e. The molecule has 0 unspecified atom stereocenters. The molecular weight excluding hydrogens is 354 g/mol. The number of aromatic nitrogens is 1. The predicted molar refractivity (Wildman–Crippen MR) is 114 cm³/mol. The Morgan fingerprint density at radius 2 is 1.78 bits per heavy atom. The summed E-state index contributed by atoms with van der Waals surface area (Å²) in [7, 11) is 3.90. The van der Waals surface area contributed by atoms with E-state index < -0.39 is 0 Å². The molecule has 0 saturated carbocycles. The van der Waals surface area contributed by atoms with Gasteiger partial charge in [0.1, 0.15) is 0 Å². The van der Waals surface area contributed by atoms with Crippen molar-refractivity contribution in [2.75, 3.05) is 24.3 Å². The van der Waals surface area contributed by atoms with Crippen molar-refractivity contribution >= 4 is 38.8 Å². The van der Waals surface area contributed by atoms with Gasteiger partial charge in [-0.3, -0.25) is 10.1 Å². The lowest BCUT2D eigenvalue weighted by molar-refractivity contribution is 0.102. The number of carbonyl (C=O) groups is 1. The number of rotatable bonds is 4. The SMILES string of the molecule is CN(C)c1cccc(C(=O)Nc2nc(-c3ccc4ccccc4c3)cs2)c1. The van der Waals surface area contributed by atoms with Crippen molar-refractivity contribution in [3.05, 3.63) is 77.7 Å². The summed E-state index contributed by atoms with van der Waals surface area (Å²) in [6, 6.07) is 22.0. The summed E-state index contributed by atoms with van der Waals surface area (Å²) >= 11 is 1.43. The van der Waals surface area contributed by atoms with E-state index in [0.717, 1.165) is 16.9 Å². The zero-order valence-electron chi connectivity index (χ0n) is 15.1. The molecular formula is C22H19N3OS. The highest BCUT2D eigenvalue weighted by atomic mass is 32.1. The molecule has 0 saturated heterocycles. The molecule has 0 spiro atoms. The maximum Gasteiger partial charge on any atom is 0.257 e. The molecule has 27 heavy (non-hydrogen) atoms. The first-order chi connectivity index (χ1) is 13.1. The number of carbonyl (C=O) groups excluding carboxylic acids is 1. The van der Waals surface area contributed by atoms with Gasteiger partial charge < -0.3 is 4.90 Å². The lowest BCUT2D eigenvalue weighted by atomic mass is 10.1. The minimum atomic E-state index is -0.155. The quantitative estimate of drug-likeness (QED) is 0.529. The van der Waals surface area contributed by atoms with Gasteiger partial charge in [-0.15, -0.1) is 11.3 Å². The van der Waals surface area contributed by atoms with Crippen molar-refractivity contribution in [1.29, 1.82) is 0 Å². The summed E-state index contributed by atoms with van der Waals surface area (Å²) in [5.41, 5.74) is 3.51. The number of anilines is 2. The Morgan fingerprint density at radius 3 is 2.59 bits per heavy atom. The van der Waals surface area contributed by atoms with Gasteiger partial charge in [0, 0.05) is 36.3 Å². The summed E-state index contributed by atoms with van der Waals surface area (Å²) in [4.78, 5) is 19.1. The van der Waals surface area contributed by atoms with Crippen LogP contribution < -0.4 is 10.2 Å². The monoisotopic (exact) mass is 373 g/mol. The van der Waals surface area contributed by atoms with Gasteiger partial charge in [0.15, 0.2) is 5.13 Å². The molecule has 0 fully saturated rings. The molecule has 1 amide bonds. The molecule has 0 atom stereocenters. The van der Waals surface area contributed by atoms with Crippen LogP contribution in [-0.2, 0) is 0 Å². The third kappa shape index (κ3) is 3.68. The minimum absolute atomic E-state index is 0.155. The number of benzene rings is 3. The van der Waals surface area contributed by atoms with Crippen LogP contribution in [0.2, 0.25) is 0 Å².